The SMILES string of the molecule is Cc1ccccc1Nc1nsc(=O)n1-c1ccccc1Cl. The van der Waals surface area contributed by atoms with E-state index in [-0.39, 0.29) is 4.87 Å². The van der Waals surface area contributed by atoms with Gasteiger partial charge in [0.1, 0.15) is 0 Å². The summed E-state index contributed by atoms with van der Waals surface area (Å²) >= 11 is 7.08. The van der Waals surface area contributed by atoms with Crippen molar-refractivity contribution in [2.75, 3.05) is 5.32 Å². The minimum absolute atomic E-state index is 0.181. The molecule has 2 aromatic carbocycles. The van der Waals surface area contributed by atoms with Gasteiger partial charge in [-0.1, -0.05) is 41.9 Å². The molecule has 0 aliphatic rings. The summed E-state index contributed by atoms with van der Waals surface area (Å²) in [5.41, 5.74) is 2.60. The number of rotatable bonds is 3. The standard InChI is InChI=1S/C15H12ClN3OS/c1-10-6-2-4-8-12(10)17-14-18-21-15(20)19(14)13-9-5-3-7-11(13)16/h2-9H,1H3,(H,17,18). The van der Waals surface area contributed by atoms with Crippen LogP contribution in [0.4, 0.5) is 11.6 Å². The highest BCUT2D eigenvalue weighted by molar-refractivity contribution is 7.03. The first kappa shape index (κ1) is 13.9. The molecule has 0 aliphatic carbocycles. The number of aryl methyl sites for hydroxylation is 1. The number of nitrogens with zero attached hydrogens (tertiary/aromatic N) is 2. The van der Waals surface area contributed by atoms with E-state index in [4.69, 9.17) is 11.6 Å². The van der Waals surface area contributed by atoms with Gasteiger partial charge in [0.15, 0.2) is 0 Å². The van der Waals surface area contributed by atoms with Gasteiger partial charge in [0.05, 0.1) is 10.7 Å². The van der Waals surface area contributed by atoms with E-state index < -0.39 is 0 Å². The highest BCUT2D eigenvalue weighted by atomic mass is 35.5. The molecule has 0 atom stereocenters. The second kappa shape index (κ2) is 5.71. The van der Waals surface area contributed by atoms with E-state index in [1.165, 1.54) is 4.57 Å². The van der Waals surface area contributed by atoms with Crippen LogP contribution in [0.2, 0.25) is 5.02 Å². The van der Waals surface area contributed by atoms with Crippen LogP contribution in [-0.2, 0) is 0 Å². The molecule has 21 heavy (non-hydrogen) atoms. The maximum absolute atomic E-state index is 12.1. The van der Waals surface area contributed by atoms with Crippen LogP contribution in [0.5, 0.6) is 0 Å². The zero-order valence-corrected chi connectivity index (χ0v) is 12.8. The van der Waals surface area contributed by atoms with Crippen LogP contribution in [-0.4, -0.2) is 8.94 Å². The normalized spacial score (nSPS) is 10.6. The molecule has 1 aromatic heterocycles. The summed E-state index contributed by atoms with van der Waals surface area (Å²) in [6, 6.07) is 15.0. The van der Waals surface area contributed by atoms with Crippen LogP contribution >= 0.6 is 23.1 Å². The number of halogens is 1. The Morgan fingerprint density at radius 2 is 1.86 bits per heavy atom. The first-order valence-corrected chi connectivity index (χ1v) is 7.48. The Labute approximate surface area is 130 Å². The summed E-state index contributed by atoms with van der Waals surface area (Å²) in [4.78, 5) is 11.9. The molecule has 0 saturated carbocycles. The molecule has 3 rings (SSSR count). The Balaban J connectivity index is 2.09. The molecule has 0 unspecified atom stereocenters. The minimum Gasteiger partial charge on any atom is -0.324 e. The van der Waals surface area contributed by atoms with Gasteiger partial charge in [0.2, 0.25) is 5.95 Å². The number of hydrogen-bond acceptors (Lipinski definition) is 4. The van der Waals surface area contributed by atoms with Crippen molar-refractivity contribution in [2.24, 2.45) is 0 Å². The molecule has 106 valence electrons. The predicted molar refractivity (Wildman–Crippen MR) is 87.2 cm³/mol. The van der Waals surface area contributed by atoms with Crippen LogP contribution in [0, 0.1) is 6.92 Å². The van der Waals surface area contributed by atoms with Crippen molar-refractivity contribution >= 4 is 34.8 Å². The third kappa shape index (κ3) is 2.70. The van der Waals surface area contributed by atoms with E-state index in [2.05, 4.69) is 9.69 Å². The van der Waals surface area contributed by atoms with E-state index in [1.807, 2.05) is 43.3 Å². The second-order valence-electron chi connectivity index (χ2n) is 4.50. The molecule has 1 N–H and O–H groups in total. The smallest absolute Gasteiger partial charge is 0.324 e. The zero-order valence-electron chi connectivity index (χ0n) is 11.2. The van der Waals surface area contributed by atoms with Crippen LogP contribution in [0.25, 0.3) is 5.69 Å². The summed E-state index contributed by atoms with van der Waals surface area (Å²) in [5.74, 6) is 0.465. The molecular formula is C15H12ClN3OS. The van der Waals surface area contributed by atoms with Gasteiger partial charge in [-0.25, -0.2) is 4.57 Å². The molecule has 1 heterocycles. The summed E-state index contributed by atoms with van der Waals surface area (Å²) in [6.07, 6.45) is 0. The first-order valence-electron chi connectivity index (χ1n) is 6.33. The summed E-state index contributed by atoms with van der Waals surface area (Å²) in [6.45, 7) is 1.99. The average molecular weight is 318 g/mol. The van der Waals surface area contributed by atoms with Gasteiger partial charge in [-0.05, 0) is 30.7 Å². The third-order valence-electron chi connectivity index (χ3n) is 3.09. The molecule has 0 amide bonds. The summed E-state index contributed by atoms with van der Waals surface area (Å²) in [5, 5.41) is 3.70. The fraction of sp³-hybridized carbons (Fsp3) is 0.0667. The molecule has 0 spiro atoms. The maximum atomic E-state index is 12.1. The number of benzene rings is 2. The monoisotopic (exact) mass is 317 g/mol. The van der Waals surface area contributed by atoms with Crippen LogP contribution in [0.1, 0.15) is 5.56 Å². The number of aromatic nitrogens is 2. The molecule has 6 heteroatoms. The topological polar surface area (TPSA) is 46.9 Å². The van der Waals surface area contributed by atoms with Gasteiger partial charge in [-0.3, -0.25) is 4.79 Å². The molecule has 0 aliphatic heterocycles. The minimum atomic E-state index is -0.181. The lowest BCUT2D eigenvalue weighted by molar-refractivity contribution is 1.02. The summed E-state index contributed by atoms with van der Waals surface area (Å²) in [7, 11) is 0. The predicted octanol–water partition coefficient (Wildman–Crippen LogP) is 4.00. The first-order chi connectivity index (χ1) is 10.2. The lowest BCUT2D eigenvalue weighted by atomic mass is 10.2. The summed E-state index contributed by atoms with van der Waals surface area (Å²) < 4.78 is 5.68. The molecule has 0 bridgehead atoms. The quantitative estimate of drug-likeness (QED) is 0.794. The Morgan fingerprint density at radius 1 is 1.14 bits per heavy atom. The van der Waals surface area contributed by atoms with Crippen molar-refractivity contribution in [2.45, 2.75) is 6.92 Å². The molecule has 3 aromatic rings. The fourth-order valence-corrected chi connectivity index (χ4v) is 2.79. The molecule has 0 radical (unpaired) electrons. The zero-order chi connectivity index (χ0) is 14.8. The Kier molecular flexibility index (Phi) is 3.77. The lowest BCUT2D eigenvalue weighted by Crippen LogP contribution is -2.13. The highest BCUT2D eigenvalue weighted by Gasteiger charge is 2.13. The Morgan fingerprint density at radius 3 is 2.62 bits per heavy atom. The van der Waals surface area contributed by atoms with E-state index in [9.17, 15) is 4.79 Å². The Hall–Kier alpha value is -2.11. The number of nitrogens with one attached hydrogen (secondary N) is 1. The average Bonchev–Trinajstić information content (AvgIpc) is 2.83. The van der Waals surface area contributed by atoms with Crippen molar-refractivity contribution in [3.05, 3.63) is 68.8 Å². The van der Waals surface area contributed by atoms with Crippen LogP contribution in [0.15, 0.2) is 53.3 Å². The van der Waals surface area contributed by atoms with Gasteiger partial charge in [0, 0.05) is 17.2 Å². The van der Waals surface area contributed by atoms with Crippen molar-refractivity contribution < 1.29 is 0 Å². The highest BCUT2D eigenvalue weighted by Crippen LogP contribution is 2.24. The number of hydrogen-bond donors (Lipinski definition) is 1. The van der Waals surface area contributed by atoms with Gasteiger partial charge < -0.3 is 5.32 Å². The van der Waals surface area contributed by atoms with Gasteiger partial charge in [-0.2, -0.15) is 4.37 Å². The third-order valence-corrected chi connectivity index (χ3v) is 4.01. The lowest BCUT2D eigenvalue weighted by Gasteiger charge is -2.11. The maximum Gasteiger partial charge on any atom is 0.332 e. The van der Waals surface area contributed by atoms with Crippen LogP contribution < -0.4 is 10.2 Å². The van der Waals surface area contributed by atoms with Gasteiger partial charge in [-0.15, -0.1) is 0 Å². The van der Waals surface area contributed by atoms with E-state index in [1.54, 1.807) is 12.1 Å². The number of para-hydroxylation sites is 2. The van der Waals surface area contributed by atoms with Crippen molar-refractivity contribution in [1.82, 2.24) is 8.94 Å². The second-order valence-corrected chi connectivity index (χ2v) is 5.62. The van der Waals surface area contributed by atoms with Crippen molar-refractivity contribution in [1.29, 1.82) is 0 Å². The van der Waals surface area contributed by atoms with Crippen LogP contribution in [0.3, 0.4) is 0 Å². The molecule has 4 nitrogen and oxygen atoms in total. The Bertz CT molecular complexity index is 841. The van der Waals surface area contributed by atoms with Crippen molar-refractivity contribution in [3.63, 3.8) is 0 Å². The number of anilines is 2. The fourth-order valence-electron chi connectivity index (χ4n) is 2.01. The largest absolute Gasteiger partial charge is 0.332 e. The van der Waals surface area contributed by atoms with E-state index >= 15 is 0 Å². The van der Waals surface area contributed by atoms with Gasteiger partial charge in [0.25, 0.3) is 0 Å². The van der Waals surface area contributed by atoms with E-state index in [0.29, 0.717) is 16.7 Å². The van der Waals surface area contributed by atoms with E-state index in [0.717, 1.165) is 22.8 Å². The molecular weight excluding hydrogens is 306 g/mol. The van der Waals surface area contributed by atoms with Gasteiger partial charge >= 0.3 is 4.87 Å². The molecule has 0 fully saturated rings. The molecule has 0 saturated heterocycles. The van der Waals surface area contributed by atoms with Crippen molar-refractivity contribution in [3.8, 4) is 5.69 Å².